The minimum absolute atomic E-state index is 0.545. The Morgan fingerprint density at radius 1 is 0.222 bits per heavy atom. The van der Waals surface area contributed by atoms with Crippen LogP contribution < -0.4 is 28.4 Å². The number of hydrogen-bond acceptors (Lipinski definition) is 7. The minimum atomic E-state index is 0.545. The molecule has 5 aromatic carbocycles. The van der Waals surface area contributed by atoms with Crippen LogP contribution in [0.25, 0.3) is 43.1 Å². The molecule has 0 unspecified atom stereocenters. The van der Waals surface area contributed by atoms with Crippen molar-refractivity contribution in [3.05, 3.63) is 48.0 Å². The number of fused-ring (bicyclic) bond motifs is 7. The number of nitriles is 1. The quantitative estimate of drug-likeness (QED) is 0.0218. The van der Waals surface area contributed by atoms with Crippen LogP contribution in [-0.2, 0) is 0 Å². The van der Waals surface area contributed by atoms with Gasteiger partial charge in [-0.25, -0.2) is 0 Å². The molecule has 5 rings (SSSR count). The van der Waals surface area contributed by atoms with Crippen molar-refractivity contribution in [2.24, 2.45) is 0 Å². The summed E-state index contributed by atoms with van der Waals surface area (Å²) in [6, 6.07) is 18.5. The molecule has 0 aliphatic heterocycles. The number of nitrogens with zero attached hydrogens (tertiary/aromatic N) is 1. The van der Waals surface area contributed by atoms with E-state index >= 15 is 0 Å². The van der Waals surface area contributed by atoms with Gasteiger partial charge in [-0.05, 0) is 119 Å². The molecule has 0 bridgehead atoms. The van der Waals surface area contributed by atoms with Gasteiger partial charge in [0.25, 0.3) is 0 Å². The van der Waals surface area contributed by atoms with Gasteiger partial charge in [-0.15, -0.1) is 0 Å². The van der Waals surface area contributed by atoms with E-state index in [2.05, 4.69) is 90.1 Å². The van der Waals surface area contributed by atoms with Crippen LogP contribution in [0.2, 0.25) is 0 Å². The topological polar surface area (TPSA) is 79.2 Å². The largest absolute Gasteiger partial charge is 0.490 e. The Balaban J connectivity index is 1.65. The summed E-state index contributed by atoms with van der Waals surface area (Å²) in [6.07, 6.45) is 59.4. The summed E-state index contributed by atoms with van der Waals surface area (Å²) in [5.74, 6) is 4.46. The van der Waals surface area contributed by atoms with E-state index in [0.29, 0.717) is 56.7 Å². The Labute approximate surface area is 551 Å². The molecule has 0 spiro atoms. The normalized spacial score (nSPS) is 11.6. The molecule has 0 aliphatic carbocycles. The van der Waals surface area contributed by atoms with Gasteiger partial charge in [-0.2, -0.15) is 5.26 Å². The third-order valence-corrected chi connectivity index (χ3v) is 18.9. The molecule has 0 saturated heterocycles. The second-order valence-electron chi connectivity index (χ2n) is 26.9. The van der Waals surface area contributed by atoms with Crippen LogP contribution >= 0.6 is 0 Å². The molecular weight excluding hydrogens is 1110 g/mol. The van der Waals surface area contributed by atoms with Crippen LogP contribution in [-0.4, -0.2) is 39.6 Å². The van der Waals surface area contributed by atoms with Gasteiger partial charge in [0.2, 0.25) is 0 Å². The minimum Gasteiger partial charge on any atom is -0.490 e. The van der Waals surface area contributed by atoms with Gasteiger partial charge in [0.1, 0.15) is 11.6 Å². The number of rotatable bonds is 60. The standard InChI is InChI=1S/C83H133NO6/c1-7-13-19-25-31-37-43-49-55-85-78-64-73-71-61-69-62-82(89-59-53-47-41-35-29-23-17-11-5)83(90-60-54-48-42-36-30-24-18-12-6)77(68-84)70(69)63-72(71)74-65-79(86-56-50-44-38-32-26-20-14-8-2)81(88-58-52-46-40-34-28-22-16-10-4)67-76(74)75(73)66-80(78)87-57-51-45-39-33-27-21-15-9-3/h61-67H,7-60H2,1-6H3. The fraction of sp³-hybridized carbons (Fsp3) is 0.723. The summed E-state index contributed by atoms with van der Waals surface area (Å²) >= 11 is 0. The lowest BCUT2D eigenvalue weighted by Gasteiger charge is -2.20. The number of ether oxygens (including phenoxy) is 6. The van der Waals surface area contributed by atoms with E-state index in [1.807, 2.05) is 0 Å². The molecule has 7 heteroatoms. The van der Waals surface area contributed by atoms with Crippen LogP contribution in [0.15, 0.2) is 42.5 Å². The molecule has 506 valence electrons. The fourth-order valence-electron chi connectivity index (χ4n) is 13.2. The Morgan fingerprint density at radius 3 is 0.689 bits per heavy atom. The number of benzene rings is 5. The van der Waals surface area contributed by atoms with Crippen LogP contribution in [0.1, 0.15) is 355 Å². The SMILES string of the molecule is CCCCCCCCCCOc1cc2c3cc(OCCCCCCCCCC)c(OCCCCCCCCCC)cc3c3cc4c(C#N)c(OCCCCCCCCCC)c(OCCCCCCCCCC)cc4cc3c2cc1OCCCCCCCCCC. The molecule has 7 nitrogen and oxygen atoms in total. The number of hydrogen-bond donors (Lipinski definition) is 0. The van der Waals surface area contributed by atoms with Crippen molar-refractivity contribution in [1.82, 2.24) is 0 Å². The monoisotopic (exact) mass is 1240 g/mol. The van der Waals surface area contributed by atoms with Gasteiger partial charge < -0.3 is 28.4 Å². The van der Waals surface area contributed by atoms with Crippen LogP contribution in [0.5, 0.6) is 34.5 Å². The van der Waals surface area contributed by atoms with Gasteiger partial charge in [-0.3, -0.25) is 0 Å². The first-order chi connectivity index (χ1) is 44.5. The Bertz CT molecular complexity index is 2670. The summed E-state index contributed by atoms with van der Waals surface area (Å²) in [5.41, 5.74) is 0.545. The van der Waals surface area contributed by atoms with Crippen molar-refractivity contribution in [3.63, 3.8) is 0 Å². The van der Waals surface area contributed by atoms with Crippen LogP contribution in [0, 0.1) is 11.3 Å². The molecule has 0 heterocycles. The molecular formula is C83H133NO6. The van der Waals surface area contributed by atoms with Crippen molar-refractivity contribution in [1.29, 1.82) is 5.26 Å². The number of unbranched alkanes of at least 4 members (excludes halogenated alkanes) is 42. The summed E-state index contributed by atoms with van der Waals surface area (Å²) in [5, 5.41) is 19.8. The predicted molar refractivity (Wildman–Crippen MR) is 390 cm³/mol. The van der Waals surface area contributed by atoms with Crippen LogP contribution in [0.3, 0.4) is 0 Å². The lowest BCUT2D eigenvalue weighted by molar-refractivity contribution is 0.258. The highest BCUT2D eigenvalue weighted by atomic mass is 16.5. The maximum atomic E-state index is 11.4. The fourth-order valence-corrected chi connectivity index (χ4v) is 13.2. The van der Waals surface area contributed by atoms with Crippen molar-refractivity contribution in [2.75, 3.05) is 39.6 Å². The summed E-state index contributed by atoms with van der Waals surface area (Å²) in [4.78, 5) is 0. The third kappa shape index (κ3) is 29.2. The van der Waals surface area contributed by atoms with E-state index in [0.717, 1.165) is 143 Å². The van der Waals surface area contributed by atoms with Crippen molar-refractivity contribution in [2.45, 2.75) is 350 Å². The van der Waals surface area contributed by atoms with E-state index in [9.17, 15) is 5.26 Å². The lowest BCUT2D eigenvalue weighted by Crippen LogP contribution is -2.05. The average Bonchev–Trinajstić information content (AvgIpc) is 0.729. The van der Waals surface area contributed by atoms with E-state index in [1.165, 1.54) is 231 Å². The average molecular weight is 1240 g/mol. The maximum absolute atomic E-state index is 11.4. The first-order valence-corrected chi connectivity index (χ1v) is 38.7. The zero-order chi connectivity index (χ0) is 63.7. The molecule has 0 amide bonds. The van der Waals surface area contributed by atoms with Gasteiger partial charge in [0.05, 0.1) is 39.6 Å². The van der Waals surface area contributed by atoms with Crippen molar-refractivity contribution < 1.29 is 28.4 Å². The Morgan fingerprint density at radius 2 is 0.433 bits per heavy atom. The maximum Gasteiger partial charge on any atom is 0.179 e. The van der Waals surface area contributed by atoms with Gasteiger partial charge in [-0.1, -0.05) is 311 Å². The zero-order valence-electron chi connectivity index (χ0n) is 59.1. The highest BCUT2D eigenvalue weighted by molar-refractivity contribution is 6.28. The summed E-state index contributed by atoms with van der Waals surface area (Å²) in [7, 11) is 0. The Hall–Kier alpha value is -4.57. The molecule has 0 aromatic heterocycles. The molecule has 0 fully saturated rings. The molecule has 0 N–H and O–H groups in total. The van der Waals surface area contributed by atoms with E-state index in [1.54, 1.807) is 0 Å². The molecule has 90 heavy (non-hydrogen) atoms. The second kappa shape index (κ2) is 50.0. The van der Waals surface area contributed by atoms with E-state index in [-0.39, 0.29) is 0 Å². The van der Waals surface area contributed by atoms with Gasteiger partial charge in [0.15, 0.2) is 34.5 Å². The molecule has 0 atom stereocenters. The molecule has 0 saturated carbocycles. The first-order valence-electron chi connectivity index (χ1n) is 38.7. The Kier molecular flexibility index (Phi) is 42.3. The molecule has 0 radical (unpaired) electrons. The van der Waals surface area contributed by atoms with Gasteiger partial charge >= 0.3 is 0 Å². The lowest BCUT2D eigenvalue weighted by atomic mass is 9.90. The molecule has 0 aliphatic rings. The predicted octanol–water partition coefficient (Wildman–Crippen LogP) is 27.3. The van der Waals surface area contributed by atoms with E-state index in [4.69, 9.17) is 28.4 Å². The highest BCUT2D eigenvalue weighted by Crippen LogP contribution is 2.48. The zero-order valence-corrected chi connectivity index (χ0v) is 59.1. The van der Waals surface area contributed by atoms with Crippen molar-refractivity contribution >= 4 is 43.1 Å². The highest BCUT2D eigenvalue weighted by Gasteiger charge is 2.23. The van der Waals surface area contributed by atoms with Crippen molar-refractivity contribution in [3.8, 4) is 40.6 Å². The molecule has 5 aromatic rings. The summed E-state index contributed by atoms with van der Waals surface area (Å²) in [6.45, 7) is 17.5. The smallest absolute Gasteiger partial charge is 0.179 e. The second-order valence-corrected chi connectivity index (χ2v) is 26.9. The third-order valence-electron chi connectivity index (χ3n) is 18.9. The van der Waals surface area contributed by atoms with Gasteiger partial charge in [0, 0.05) is 5.39 Å². The first kappa shape index (κ1) is 76.1. The summed E-state index contributed by atoms with van der Waals surface area (Å²) < 4.78 is 41.3. The van der Waals surface area contributed by atoms with E-state index < -0.39 is 0 Å². The van der Waals surface area contributed by atoms with Crippen LogP contribution in [0.4, 0.5) is 0 Å².